The minimum atomic E-state index is -0.0779. The van der Waals surface area contributed by atoms with Crippen LogP contribution in [0.4, 0.5) is 4.79 Å². The molecular weight excluding hydrogens is 464 g/mol. The summed E-state index contributed by atoms with van der Waals surface area (Å²) in [4.78, 5) is 23.0. The van der Waals surface area contributed by atoms with Gasteiger partial charge in [-0.25, -0.2) is 4.79 Å². The number of ketones is 1. The maximum absolute atomic E-state index is 11.8. The Labute approximate surface area is 229 Å². The largest absolute Gasteiger partial charge is 0.379 e. The molecule has 0 saturated carbocycles. The van der Waals surface area contributed by atoms with Gasteiger partial charge in [0.2, 0.25) is 0 Å². The second kappa shape index (κ2) is 31.1. The summed E-state index contributed by atoms with van der Waals surface area (Å²) >= 11 is 0. The fourth-order valence-electron chi connectivity index (χ4n) is 4.34. The van der Waals surface area contributed by atoms with E-state index >= 15 is 0 Å². The Bertz CT molecular complexity index is 488. The van der Waals surface area contributed by atoms with Crippen LogP contribution in [0.1, 0.15) is 149 Å². The zero-order chi connectivity index (χ0) is 27.1. The van der Waals surface area contributed by atoms with Crippen LogP contribution >= 0.6 is 0 Å². The normalized spacial score (nSPS) is 11.1. The summed E-state index contributed by atoms with van der Waals surface area (Å²) in [6, 6.07) is -0.0779. The van der Waals surface area contributed by atoms with E-state index < -0.39 is 0 Å². The van der Waals surface area contributed by atoms with Gasteiger partial charge in [-0.05, 0) is 25.7 Å². The summed E-state index contributed by atoms with van der Waals surface area (Å²) in [5.74, 6) is 0.325. The van der Waals surface area contributed by atoms with Crippen LogP contribution in [0.5, 0.6) is 0 Å². The molecule has 0 aliphatic heterocycles. The van der Waals surface area contributed by atoms with Gasteiger partial charge < -0.3 is 20.1 Å². The van der Waals surface area contributed by atoms with Crippen molar-refractivity contribution in [3.8, 4) is 0 Å². The predicted octanol–water partition coefficient (Wildman–Crippen LogP) is 8.12. The highest BCUT2D eigenvalue weighted by Crippen LogP contribution is 2.13. The molecule has 0 radical (unpaired) electrons. The lowest BCUT2D eigenvalue weighted by Crippen LogP contribution is -2.36. The first-order valence-corrected chi connectivity index (χ1v) is 15.9. The van der Waals surface area contributed by atoms with E-state index in [9.17, 15) is 9.59 Å². The van der Waals surface area contributed by atoms with Crippen molar-refractivity contribution >= 4 is 11.8 Å². The van der Waals surface area contributed by atoms with Crippen molar-refractivity contribution in [2.24, 2.45) is 0 Å². The first kappa shape index (κ1) is 35.9. The van der Waals surface area contributed by atoms with Gasteiger partial charge in [0, 0.05) is 39.1 Å². The van der Waals surface area contributed by atoms with Crippen molar-refractivity contribution in [1.82, 2.24) is 10.6 Å². The van der Waals surface area contributed by atoms with Crippen LogP contribution in [0, 0.1) is 0 Å². The molecule has 0 aliphatic carbocycles. The molecule has 2 amide bonds. The summed E-state index contributed by atoms with van der Waals surface area (Å²) in [5, 5.41) is 5.83. The summed E-state index contributed by atoms with van der Waals surface area (Å²) < 4.78 is 11.0. The van der Waals surface area contributed by atoms with Gasteiger partial charge in [0.25, 0.3) is 0 Å². The molecule has 2 N–H and O–H groups in total. The van der Waals surface area contributed by atoms with Gasteiger partial charge in [0.05, 0.1) is 13.2 Å². The Hall–Kier alpha value is -1.14. The van der Waals surface area contributed by atoms with Crippen LogP contribution in [-0.4, -0.2) is 51.3 Å². The lowest BCUT2D eigenvalue weighted by atomic mass is 10.0. The number of amides is 2. The average Bonchev–Trinajstić information content (AvgIpc) is 2.90. The van der Waals surface area contributed by atoms with Crippen LogP contribution < -0.4 is 10.6 Å². The van der Waals surface area contributed by atoms with Crippen LogP contribution in [0.15, 0.2) is 0 Å². The van der Waals surface area contributed by atoms with Gasteiger partial charge in [-0.2, -0.15) is 0 Å². The molecule has 0 rings (SSSR count). The highest BCUT2D eigenvalue weighted by atomic mass is 16.5. The van der Waals surface area contributed by atoms with Crippen molar-refractivity contribution < 1.29 is 19.1 Å². The molecule has 0 unspecified atom stereocenters. The summed E-state index contributed by atoms with van der Waals surface area (Å²) in [7, 11) is 0. The fourth-order valence-corrected chi connectivity index (χ4v) is 4.34. The van der Waals surface area contributed by atoms with Gasteiger partial charge in [0.15, 0.2) is 0 Å². The number of urea groups is 1. The van der Waals surface area contributed by atoms with Crippen molar-refractivity contribution in [1.29, 1.82) is 0 Å². The molecule has 0 aromatic rings. The van der Waals surface area contributed by atoms with Gasteiger partial charge in [0.1, 0.15) is 5.78 Å². The molecule has 0 fully saturated rings. The number of ether oxygens (including phenoxy) is 2. The monoisotopic (exact) mass is 526 g/mol. The van der Waals surface area contributed by atoms with Gasteiger partial charge in [-0.15, -0.1) is 0 Å². The highest BCUT2D eigenvalue weighted by Gasteiger charge is 2.00. The van der Waals surface area contributed by atoms with Crippen LogP contribution in [0.3, 0.4) is 0 Å². The Balaban J connectivity index is 3.16. The number of carbonyl (C=O) groups excluding carboxylic acids is 2. The minimum absolute atomic E-state index is 0.0779. The minimum Gasteiger partial charge on any atom is -0.379 e. The Morgan fingerprint density at radius 2 is 0.919 bits per heavy atom. The van der Waals surface area contributed by atoms with E-state index in [2.05, 4.69) is 17.6 Å². The number of hydrogen-bond donors (Lipinski definition) is 2. The first-order chi connectivity index (χ1) is 18.2. The zero-order valence-corrected chi connectivity index (χ0v) is 24.7. The van der Waals surface area contributed by atoms with Gasteiger partial charge in [-0.1, -0.05) is 110 Å². The third kappa shape index (κ3) is 31.0. The molecular formula is C31H62N2O4. The maximum Gasteiger partial charge on any atom is 0.314 e. The van der Waals surface area contributed by atoms with Crippen molar-refractivity contribution in [2.75, 3.05) is 39.5 Å². The third-order valence-corrected chi connectivity index (χ3v) is 6.83. The van der Waals surface area contributed by atoms with E-state index in [1.807, 2.05) is 6.92 Å². The standard InChI is InChI=1S/C31H62N2O4/c1-3-5-6-7-8-9-10-11-12-13-14-15-16-17-18-20-24-32-31(35)33-25-22-27-37-29-28-36-26-21-19-23-30(34)4-2/h3-29H2,1-2H3,(H2,32,33,35). The molecule has 0 heterocycles. The zero-order valence-electron chi connectivity index (χ0n) is 24.7. The van der Waals surface area contributed by atoms with E-state index in [4.69, 9.17) is 9.47 Å². The Kier molecular flexibility index (Phi) is 30.1. The average molecular weight is 527 g/mol. The van der Waals surface area contributed by atoms with E-state index in [-0.39, 0.29) is 6.03 Å². The molecule has 0 aromatic heterocycles. The number of Topliss-reactive ketones (excluding diaryl/α,β-unsaturated/α-hetero) is 1. The van der Waals surface area contributed by atoms with Gasteiger partial charge >= 0.3 is 6.03 Å². The summed E-state index contributed by atoms with van der Waals surface area (Å²) in [6.45, 7) is 8.01. The SMILES string of the molecule is CCCCCCCCCCCCCCCCCCNC(=O)NCCCOCCOCCCCC(=O)CC. The van der Waals surface area contributed by atoms with E-state index in [0.717, 1.165) is 32.2 Å². The smallest absolute Gasteiger partial charge is 0.314 e. The number of carbonyl (C=O) groups is 2. The molecule has 0 atom stereocenters. The second-order valence-corrected chi connectivity index (χ2v) is 10.4. The Morgan fingerprint density at radius 1 is 0.486 bits per heavy atom. The molecule has 0 spiro atoms. The number of unbranched alkanes of at least 4 members (excludes halogenated alkanes) is 16. The van der Waals surface area contributed by atoms with E-state index in [1.165, 1.54) is 96.3 Å². The number of rotatable bonds is 30. The molecule has 6 heteroatoms. The summed E-state index contributed by atoms with van der Waals surface area (Å²) in [6.07, 6.45) is 25.7. The van der Waals surface area contributed by atoms with Crippen LogP contribution in [0.2, 0.25) is 0 Å². The first-order valence-electron chi connectivity index (χ1n) is 15.9. The maximum atomic E-state index is 11.8. The molecule has 0 bridgehead atoms. The third-order valence-electron chi connectivity index (χ3n) is 6.83. The lowest BCUT2D eigenvalue weighted by Gasteiger charge is -2.08. The topological polar surface area (TPSA) is 76.7 Å². The van der Waals surface area contributed by atoms with Crippen molar-refractivity contribution in [3.05, 3.63) is 0 Å². The molecule has 6 nitrogen and oxygen atoms in total. The fraction of sp³-hybridized carbons (Fsp3) is 0.935. The van der Waals surface area contributed by atoms with E-state index in [0.29, 0.717) is 51.6 Å². The van der Waals surface area contributed by atoms with Crippen molar-refractivity contribution in [3.63, 3.8) is 0 Å². The van der Waals surface area contributed by atoms with Crippen LogP contribution in [-0.2, 0) is 14.3 Å². The number of hydrogen-bond acceptors (Lipinski definition) is 4. The lowest BCUT2D eigenvalue weighted by molar-refractivity contribution is -0.118. The molecule has 0 aromatic carbocycles. The molecule has 37 heavy (non-hydrogen) atoms. The van der Waals surface area contributed by atoms with Crippen LogP contribution in [0.25, 0.3) is 0 Å². The number of nitrogens with one attached hydrogen (secondary N) is 2. The van der Waals surface area contributed by atoms with Gasteiger partial charge in [-0.3, -0.25) is 4.79 Å². The van der Waals surface area contributed by atoms with E-state index in [1.54, 1.807) is 0 Å². The Morgan fingerprint density at radius 3 is 1.41 bits per heavy atom. The molecule has 220 valence electrons. The summed E-state index contributed by atoms with van der Waals surface area (Å²) in [5.41, 5.74) is 0. The highest BCUT2D eigenvalue weighted by molar-refractivity contribution is 5.77. The molecule has 0 aliphatic rings. The van der Waals surface area contributed by atoms with Crippen molar-refractivity contribution in [2.45, 2.75) is 149 Å². The second-order valence-electron chi connectivity index (χ2n) is 10.4. The predicted molar refractivity (Wildman–Crippen MR) is 156 cm³/mol. The quantitative estimate of drug-likeness (QED) is 0.0927. The molecule has 0 saturated heterocycles.